The van der Waals surface area contributed by atoms with Crippen molar-refractivity contribution in [3.63, 3.8) is 0 Å². The van der Waals surface area contributed by atoms with Gasteiger partial charge in [0.15, 0.2) is 0 Å². The van der Waals surface area contributed by atoms with Gasteiger partial charge in [0.05, 0.1) is 0 Å². The minimum atomic E-state index is -2.83. The van der Waals surface area contributed by atoms with Crippen LogP contribution in [0.15, 0.2) is 0 Å². The minimum absolute atomic E-state index is 0.213. The summed E-state index contributed by atoms with van der Waals surface area (Å²) in [6, 6.07) is 0.213. The van der Waals surface area contributed by atoms with Crippen LogP contribution in [0.2, 0.25) is 0 Å². The lowest BCUT2D eigenvalue weighted by atomic mass is 9.66. The van der Waals surface area contributed by atoms with Gasteiger partial charge >= 0.3 is 0 Å². The van der Waals surface area contributed by atoms with E-state index in [0.717, 1.165) is 24.7 Å². The molecule has 2 rings (SSSR count). The van der Waals surface area contributed by atoms with Crippen molar-refractivity contribution in [3.8, 4) is 0 Å². The van der Waals surface area contributed by atoms with Gasteiger partial charge in [0, 0.05) is 18.1 Å². The third kappa shape index (κ3) is 4.75. The molecule has 0 amide bonds. The van der Waals surface area contributed by atoms with E-state index in [0.29, 0.717) is 11.7 Å². The molecule has 0 aliphatic heterocycles. The Labute approximate surface area is 118 Å². The molecule has 0 aromatic carbocycles. The second kappa shape index (κ2) is 6.57. The molecule has 2 aliphatic carbocycles. The Morgan fingerprint density at radius 1 is 1.11 bits per heavy atom. The lowest BCUT2D eigenvalue weighted by molar-refractivity contribution is 0.115. The van der Waals surface area contributed by atoms with E-state index in [9.17, 15) is 8.42 Å². The summed E-state index contributed by atoms with van der Waals surface area (Å²) in [5.41, 5.74) is 6.30. The van der Waals surface area contributed by atoms with Crippen LogP contribution in [0.1, 0.15) is 57.8 Å². The van der Waals surface area contributed by atoms with Gasteiger partial charge in [-0.1, -0.05) is 25.7 Å². The number of fused-ring (bicyclic) bond motifs is 1. The summed E-state index contributed by atoms with van der Waals surface area (Å²) in [6.45, 7) is 0. The van der Waals surface area contributed by atoms with E-state index in [1.165, 1.54) is 51.2 Å². The molecule has 2 saturated carbocycles. The Morgan fingerprint density at radius 3 is 2.47 bits per heavy atom. The lowest BCUT2D eigenvalue weighted by Gasteiger charge is -2.41. The number of hydrogen-bond acceptors (Lipinski definition) is 3. The molecule has 0 radical (unpaired) electrons. The highest BCUT2D eigenvalue weighted by atomic mass is 32.2. The van der Waals surface area contributed by atoms with Crippen LogP contribution >= 0.6 is 0 Å². The van der Waals surface area contributed by atoms with Gasteiger partial charge in [-0.25, -0.2) is 8.42 Å². The highest BCUT2D eigenvalue weighted by Crippen LogP contribution is 2.43. The van der Waals surface area contributed by atoms with E-state index in [4.69, 9.17) is 5.73 Å². The fourth-order valence-electron chi connectivity index (χ4n) is 4.12. The average Bonchev–Trinajstić information content (AvgIpc) is 2.36. The molecular formula is C15H29NO2S. The molecular weight excluding hydrogens is 258 g/mol. The first-order valence-electron chi connectivity index (χ1n) is 7.89. The third-order valence-corrected chi connectivity index (χ3v) is 6.27. The van der Waals surface area contributed by atoms with Gasteiger partial charge in [0.25, 0.3) is 0 Å². The fraction of sp³-hybridized carbons (Fsp3) is 1.00. The molecule has 4 heteroatoms. The smallest absolute Gasteiger partial charge is 0.147 e. The van der Waals surface area contributed by atoms with Crippen LogP contribution in [0.4, 0.5) is 0 Å². The van der Waals surface area contributed by atoms with E-state index < -0.39 is 9.84 Å². The van der Waals surface area contributed by atoms with E-state index in [1.807, 2.05) is 0 Å². The van der Waals surface area contributed by atoms with Crippen LogP contribution in [0, 0.1) is 17.8 Å². The predicted octanol–water partition coefficient (Wildman–Crippen LogP) is 2.75. The molecule has 3 nitrogen and oxygen atoms in total. The van der Waals surface area contributed by atoms with E-state index in [-0.39, 0.29) is 6.04 Å². The molecule has 0 saturated heterocycles. The molecule has 0 heterocycles. The van der Waals surface area contributed by atoms with Gasteiger partial charge in [-0.2, -0.15) is 0 Å². The van der Waals surface area contributed by atoms with Crippen molar-refractivity contribution < 1.29 is 8.42 Å². The number of hydrogen-bond donors (Lipinski definition) is 1. The maximum absolute atomic E-state index is 11.1. The summed E-state index contributed by atoms with van der Waals surface area (Å²) in [5, 5.41) is 0. The predicted molar refractivity (Wildman–Crippen MR) is 79.7 cm³/mol. The van der Waals surface area contributed by atoms with Crippen LogP contribution in [-0.2, 0) is 9.84 Å². The molecule has 0 spiro atoms. The number of sulfone groups is 1. The first kappa shape index (κ1) is 15.3. The van der Waals surface area contributed by atoms with Crippen LogP contribution in [0.5, 0.6) is 0 Å². The molecule has 0 aromatic heterocycles. The van der Waals surface area contributed by atoms with E-state index >= 15 is 0 Å². The van der Waals surface area contributed by atoms with Crippen molar-refractivity contribution in [1.82, 2.24) is 0 Å². The SMILES string of the molecule is CS(=O)(=O)CCCC(N)C1CCC2CCCCC2C1. The Bertz CT molecular complexity index is 380. The number of rotatable bonds is 5. The van der Waals surface area contributed by atoms with Crippen molar-refractivity contribution in [2.45, 2.75) is 63.8 Å². The largest absolute Gasteiger partial charge is 0.327 e. The van der Waals surface area contributed by atoms with Crippen molar-refractivity contribution >= 4 is 9.84 Å². The highest BCUT2D eigenvalue weighted by Gasteiger charge is 2.34. The Balaban J connectivity index is 1.75. The quantitative estimate of drug-likeness (QED) is 0.846. The zero-order valence-electron chi connectivity index (χ0n) is 12.2. The molecule has 0 aromatic rings. The summed E-state index contributed by atoms with van der Waals surface area (Å²) in [7, 11) is -2.83. The first-order valence-corrected chi connectivity index (χ1v) is 9.95. The summed E-state index contributed by atoms with van der Waals surface area (Å²) in [4.78, 5) is 0. The molecule has 2 aliphatic rings. The van der Waals surface area contributed by atoms with Crippen LogP contribution in [0.25, 0.3) is 0 Å². The third-order valence-electron chi connectivity index (χ3n) is 5.24. The van der Waals surface area contributed by atoms with E-state index in [1.54, 1.807) is 0 Å². The fourth-order valence-corrected chi connectivity index (χ4v) is 4.81. The van der Waals surface area contributed by atoms with Gasteiger partial charge in [-0.15, -0.1) is 0 Å². The first-order chi connectivity index (χ1) is 8.96. The molecule has 2 fully saturated rings. The zero-order valence-corrected chi connectivity index (χ0v) is 13.0. The topological polar surface area (TPSA) is 60.2 Å². The number of nitrogens with two attached hydrogens (primary N) is 1. The van der Waals surface area contributed by atoms with Gasteiger partial charge in [-0.3, -0.25) is 0 Å². The van der Waals surface area contributed by atoms with Crippen molar-refractivity contribution in [3.05, 3.63) is 0 Å². The van der Waals surface area contributed by atoms with E-state index in [2.05, 4.69) is 0 Å². The molecule has 2 N–H and O–H groups in total. The van der Waals surface area contributed by atoms with Crippen molar-refractivity contribution in [1.29, 1.82) is 0 Å². The van der Waals surface area contributed by atoms with Gasteiger partial charge in [-0.05, 0) is 49.9 Å². The second-order valence-electron chi connectivity index (χ2n) is 6.81. The van der Waals surface area contributed by atoms with Crippen LogP contribution < -0.4 is 5.73 Å². The summed E-state index contributed by atoms with van der Waals surface area (Å²) in [5.74, 6) is 2.81. The van der Waals surface area contributed by atoms with Gasteiger partial charge in [0.1, 0.15) is 9.84 Å². The van der Waals surface area contributed by atoms with Crippen molar-refractivity contribution in [2.24, 2.45) is 23.5 Å². The zero-order chi connectivity index (χ0) is 13.9. The standard InChI is InChI=1S/C15H29NO2S/c1-19(17,18)10-4-7-15(16)14-9-8-12-5-2-3-6-13(12)11-14/h12-15H,2-11,16H2,1H3. The van der Waals surface area contributed by atoms with Gasteiger partial charge in [0.2, 0.25) is 0 Å². The molecule has 112 valence electrons. The van der Waals surface area contributed by atoms with Crippen LogP contribution in [-0.4, -0.2) is 26.5 Å². The molecule has 0 bridgehead atoms. The normalized spacial score (nSPS) is 33.7. The van der Waals surface area contributed by atoms with Crippen molar-refractivity contribution in [2.75, 3.05) is 12.0 Å². The summed E-state index contributed by atoms with van der Waals surface area (Å²) in [6.07, 6.45) is 12.5. The van der Waals surface area contributed by atoms with Gasteiger partial charge < -0.3 is 5.73 Å². The Kier molecular flexibility index (Phi) is 5.29. The molecule has 4 unspecified atom stereocenters. The Hall–Kier alpha value is -0.0900. The monoisotopic (exact) mass is 287 g/mol. The maximum atomic E-state index is 11.1. The minimum Gasteiger partial charge on any atom is -0.327 e. The summed E-state index contributed by atoms with van der Waals surface area (Å²) >= 11 is 0. The molecule has 4 atom stereocenters. The highest BCUT2D eigenvalue weighted by molar-refractivity contribution is 7.90. The summed E-state index contributed by atoms with van der Waals surface area (Å²) < 4.78 is 22.3. The molecule has 19 heavy (non-hydrogen) atoms. The van der Waals surface area contributed by atoms with Crippen LogP contribution in [0.3, 0.4) is 0 Å². The average molecular weight is 287 g/mol. The maximum Gasteiger partial charge on any atom is 0.147 e. The Morgan fingerprint density at radius 2 is 1.79 bits per heavy atom. The second-order valence-corrected chi connectivity index (χ2v) is 9.07. The lowest BCUT2D eigenvalue weighted by Crippen LogP contribution is -2.37.